The van der Waals surface area contributed by atoms with Gasteiger partial charge in [-0.05, 0) is 55.9 Å². The molecule has 186 valence electrons. The van der Waals surface area contributed by atoms with E-state index in [4.69, 9.17) is 9.84 Å². The summed E-state index contributed by atoms with van der Waals surface area (Å²) in [7, 11) is 0. The molecule has 4 rings (SSSR count). The van der Waals surface area contributed by atoms with Crippen molar-refractivity contribution in [2.45, 2.75) is 64.5 Å². The second kappa shape index (κ2) is 10.1. The number of carboxylic acid groups (broad SMARTS) is 1. The number of fused-ring (bicyclic) bond motifs is 3. The van der Waals surface area contributed by atoms with Crippen LogP contribution in [0.1, 0.15) is 63.5 Å². The number of ether oxygens (including phenoxy) is 1. The molecule has 2 aliphatic carbocycles. The molecule has 7 nitrogen and oxygen atoms in total. The number of benzene rings is 2. The van der Waals surface area contributed by atoms with Crippen molar-refractivity contribution in [1.82, 2.24) is 10.2 Å². The van der Waals surface area contributed by atoms with E-state index in [2.05, 4.69) is 29.6 Å². The Hall–Kier alpha value is -3.35. The third kappa shape index (κ3) is 4.90. The number of amides is 2. The number of nitrogens with zero attached hydrogens (tertiary/aromatic N) is 1. The summed E-state index contributed by atoms with van der Waals surface area (Å²) in [6, 6.07) is 15.9. The molecule has 35 heavy (non-hydrogen) atoms. The highest BCUT2D eigenvalue weighted by molar-refractivity contribution is 5.85. The highest BCUT2D eigenvalue weighted by atomic mass is 16.5. The molecular formula is C28H34N2O5. The average molecular weight is 479 g/mol. The number of aliphatic carboxylic acids is 1. The topological polar surface area (TPSA) is 95.9 Å². The lowest BCUT2D eigenvalue weighted by molar-refractivity contribution is -0.145. The van der Waals surface area contributed by atoms with E-state index >= 15 is 0 Å². The molecule has 2 unspecified atom stereocenters. The van der Waals surface area contributed by atoms with Gasteiger partial charge in [0.2, 0.25) is 5.91 Å². The lowest BCUT2D eigenvalue weighted by Crippen LogP contribution is -2.54. The van der Waals surface area contributed by atoms with Gasteiger partial charge in [-0.1, -0.05) is 55.0 Å². The van der Waals surface area contributed by atoms with Crippen LogP contribution in [0.3, 0.4) is 0 Å². The molecule has 2 aliphatic rings. The lowest BCUT2D eigenvalue weighted by atomic mass is 9.82. The molecule has 0 spiro atoms. The number of rotatable bonds is 8. The predicted molar refractivity (Wildman–Crippen MR) is 133 cm³/mol. The fourth-order valence-electron chi connectivity index (χ4n) is 5.57. The zero-order chi connectivity index (χ0) is 25.2. The number of carboxylic acids is 1. The van der Waals surface area contributed by atoms with Crippen LogP contribution < -0.4 is 5.32 Å². The smallest absolute Gasteiger partial charge is 0.407 e. The van der Waals surface area contributed by atoms with Crippen molar-refractivity contribution in [3.05, 3.63) is 59.7 Å². The molecule has 2 atom stereocenters. The van der Waals surface area contributed by atoms with Gasteiger partial charge in [0, 0.05) is 24.5 Å². The van der Waals surface area contributed by atoms with Crippen LogP contribution in [0.5, 0.6) is 0 Å². The van der Waals surface area contributed by atoms with Crippen molar-refractivity contribution in [1.29, 1.82) is 0 Å². The van der Waals surface area contributed by atoms with E-state index in [1.807, 2.05) is 45.0 Å². The van der Waals surface area contributed by atoms with Gasteiger partial charge in [0.25, 0.3) is 0 Å². The molecule has 2 amide bonds. The third-order valence-corrected chi connectivity index (χ3v) is 7.53. The van der Waals surface area contributed by atoms with Gasteiger partial charge in [0.1, 0.15) is 6.61 Å². The second-order valence-electron chi connectivity index (χ2n) is 10.1. The van der Waals surface area contributed by atoms with Gasteiger partial charge in [-0.3, -0.25) is 9.59 Å². The first-order valence-corrected chi connectivity index (χ1v) is 12.4. The predicted octanol–water partition coefficient (Wildman–Crippen LogP) is 4.80. The lowest BCUT2D eigenvalue weighted by Gasteiger charge is -2.38. The Morgan fingerprint density at radius 1 is 1.09 bits per heavy atom. The second-order valence-corrected chi connectivity index (χ2v) is 10.1. The van der Waals surface area contributed by atoms with Crippen LogP contribution in [0, 0.1) is 5.41 Å². The maximum absolute atomic E-state index is 13.5. The summed E-state index contributed by atoms with van der Waals surface area (Å²) in [5.74, 6) is -1.08. The Balaban J connectivity index is 1.42. The van der Waals surface area contributed by atoms with Crippen molar-refractivity contribution in [3.8, 4) is 11.1 Å². The average Bonchev–Trinajstić information content (AvgIpc) is 3.36. The van der Waals surface area contributed by atoms with Crippen molar-refractivity contribution in [3.63, 3.8) is 0 Å². The monoisotopic (exact) mass is 478 g/mol. The summed E-state index contributed by atoms with van der Waals surface area (Å²) in [6.45, 7) is 6.00. The molecule has 0 bridgehead atoms. The van der Waals surface area contributed by atoms with Gasteiger partial charge in [-0.25, -0.2) is 4.79 Å². The standard InChI is InChI=1S/C28H34N2O5/c1-18(2)30(16-14-25(31)32)26(33)28(3)15-8-13-24(28)29-27(34)35-17-23-21-11-6-4-9-19(21)20-10-5-7-12-22(20)23/h4-7,9-12,18,23-24H,8,13-17H2,1-3H3,(H,29,34)(H,31,32). The zero-order valence-corrected chi connectivity index (χ0v) is 20.6. The number of carbonyl (C=O) groups excluding carboxylic acids is 2. The summed E-state index contributed by atoms with van der Waals surface area (Å²) in [6.07, 6.45) is 1.49. The minimum atomic E-state index is -0.937. The molecule has 2 aromatic rings. The number of hydrogen-bond donors (Lipinski definition) is 2. The molecule has 0 heterocycles. The normalized spacial score (nSPS) is 20.9. The largest absolute Gasteiger partial charge is 0.481 e. The van der Waals surface area contributed by atoms with Crippen LogP contribution in [0.4, 0.5) is 4.79 Å². The highest BCUT2D eigenvalue weighted by Gasteiger charge is 2.48. The molecule has 1 saturated carbocycles. The van der Waals surface area contributed by atoms with Crippen molar-refractivity contribution in [2.75, 3.05) is 13.2 Å². The number of carbonyl (C=O) groups is 3. The van der Waals surface area contributed by atoms with Crippen molar-refractivity contribution >= 4 is 18.0 Å². The molecule has 2 aromatic carbocycles. The number of alkyl carbamates (subject to hydrolysis) is 1. The SMILES string of the molecule is CC(C)N(CCC(=O)O)C(=O)C1(C)CCCC1NC(=O)OCC1c2ccccc2-c2ccccc21. The van der Waals surface area contributed by atoms with Crippen LogP contribution >= 0.6 is 0 Å². The van der Waals surface area contributed by atoms with E-state index in [1.165, 1.54) is 11.1 Å². The number of hydrogen-bond acceptors (Lipinski definition) is 4. The van der Waals surface area contributed by atoms with Crippen molar-refractivity contribution in [2.24, 2.45) is 5.41 Å². The van der Waals surface area contributed by atoms with Gasteiger partial charge in [-0.2, -0.15) is 0 Å². The number of nitrogens with one attached hydrogen (secondary N) is 1. The van der Waals surface area contributed by atoms with Crippen molar-refractivity contribution < 1.29 is 24.2 Å². The maximum Gasteiger partial charge on any atom is 0.407 e. The Morgan fingerprint density at radius 2 is 1.69 bits per heavy atom. The molecule has 7 heteroatoms. The Morgan fingerprint density at radius 3 is 2.26 bits per heavy atom. The minimum Gasteiger partial charge on any atom is -0.481 e. The summed E-state index contributed by atoms with van der Waals surface area (Å²) < 4.78 is 5.71. The molecular weight excluding hydrogens is 444 g/mol. The molecule has 0 aliphatic heterocycles. The van der Waals surface area contributed by atoms with Gasteiger partial charge in [0.15, 0.2) is 0 Å². The van der Waals surface area contributed by atoms with E-state index in [0.29, 0.717) is 12.8 Å². The fraction of sp³-hybridized carbons (Fsp3) is 0.464. The highest BCUT2D eigenvalue weighted by Crippen LogP contribution is 2.45. The van der Waals surface area contributed by atoms with Gasteiger partial charge in [-0.15, -0.1) is 0 Å². The molecule has 2 N–H and O–H groups in total. The summed E-state index contributed by atoms with van der Waals surface area (Å²) in [5, 5.41) is 12.0. The Bertz CT molecular complexity index is 1070. The Labute approximate surface area is 206 Å². The van der Waals surface area contributed by atoms with Crippen LogP contribution in [0.25, 0.3) is 11.1 Å². The van der Waals surface area contributed by atoms with Gasteiger partial charge in [0.05, 0.1) is 11.8 Å². The third-order valence-electron chi connectivity index (χ3n) is 7.53. The molecule has 0 saturated heterocycles. The zero-order valence-electron chi connectivity index (χ0n) is 20.6. The first kappa shape index (κ1) is 24.8. The molecule has 0 radical (unpaired) electrons. The fourth-order valence-corrected chi connectivity index (χ4v) is 5.57. The summed E-state index contributed by atoms with van der Waals surface area (Å²) in [5.41, 5.74) is 3.83. The van der Waals surface area contributed by atoms with Gasteiger partial charge < -0.3 is 20.1 Å². The molecule has 1 fully saturated rings. The summed E-state index contributed by atoms with van der Waals surface area (Å²) in [4.78, 5) is 39.1. The van der Waals surface area contributed by atoms with Crippen LogP contribution in [-0.2, 0) is 14.3 Å². The summed E-state index contributed by atoms with van der Waals surface area (Å²) >= 11 is 0. The van der Waals surface area contributed by atoms with Crippen LogP contribution in [0.15, 0.2) is 48.5 Å². The maximum atomic E-state index is 13.5. The Kier molecular flexibility index (Phi) is 7.15. The minimum absolute atomic E-state index is 0.0304. The quantitative estimate of drug-likeness (QED) is 0.568. The first-order chi connectivity index (χ1) is 16.7. The first-order valence-electron chi connectivity index (χ1n) is 12.4. The van der Waals surface area contributed by atoms with E-state index in [1.54, 1.807) is 4.90 Å². The van der Waals surface area contributed by atoms with Gasteiger partial charge >= 0.3 is 12.1 Å². The van der Waals surface area contributed by atoms with E-state index in [0.717, 1.165) is 17.5 Å². The van der Waals surface area contributed by atoms with E-state index in [-0.39, 0.29) is 43.5 Å². The van der Waals surface area contributed by atoms with E-state index < -0.39 is 17.5 Å². The van der Waals surface area contributed by atoms with Crippen LogP contribution in [0.2, 0.25) is 0 Å². The van der Waals surface area contributed by atoms with E-state index in [9.17, 15) is 14.4 Å². The molecule has 0 aromatic heterocycles. The van der Waals surface area contributed by atoms with Crippen LogP contribution in [-0.4, -0.2) is 53.2 Å².